The molecule has 0 atom stereocenters. The maximum Gasteiger partial charge on any atom is 0.204 e. The number of thiazole rings is 1. The third-order valence-corrected chi connectivity index (χ3v) is 3.89. The highest BCUT2D eigenvalue weighted by Crippen LogP contribution is 2.21. The van der Waals surface area contributed by atoms with E-state index in [0.29, 0.717) is 0 Å². The van der Waals surface area contributed by atoms with Crippen LogP contribution in [0.4, 0.5) is 0 Å². The quantitative estimate of drug-likeness (QED) is 0.649. The van der Waals surface area contributed by atoms with Gasteiger partial charge in [0, 0.05) is 5.56 Å². The number of fused-ring (bicyclic) bond motifs is 1. The average molecular weight is 253 g/mol. The van der Waals surface area contributed by atoms with Crippen LogP contribution in [0.2, 0.25) is 0 Å². The lowest BCUT2D eigenvalue weighted by Gasteiger charge is -2.02. The van der Waals surface area contributed by atoms with E-state index in [1.54, 1.807) is 5.51 Å². The summed E-state index contributed by atoms with van der Waals surface area (Å²) in [7, 11) is 0. The SMILES string of the molecule is Cc1ncsc1C(=O)c1ccc2ccccc2c1. The number of rotatable bonds is 2. The van der Waals surface area contributed by atoms with Gasteiger partial charge in [-0.25, -0.2) is 4.98 Å². The smallest absolute Gasteiger partial charge is 0.204 e. The molecule has 0 spiro atoms. The summed E-state index contributed by atoms with van der Waals surface area (Å²) in [6, 6.07) is 13.8. The minimum absolute atomic E-state index is 0.0563. The zero-order valence-corrected chi connectivity index (χ0v) is 10.7. The van der Waals surface area contributed by atoms with E-state index in [9.17, 15) is 4.79 Å². The van der Waals surface area contributed by atoms with Gasteiger partial charge in [-0.05, 0) is 23.8 Å². The van der Waals surface area contributed by atoms with E-state index in [-0.39, 0.29) is 5.78 Å². The topological polar surface area (TPSA) is 30.0 Å². The lowest BCUT2D eigenvalue weighted by Crippen LogP contribution is -2.00. The van der Waals surface area contributed by atoms with Crippen molar-refractivity contribution in [1.82, 2.24) is 4.98 Å². The van der Waals surface area contributed by atoms with E-state index in [1.807, 2.05) is 49.4 Å². The molecule has 0 radical (unpaired) electrons. The van der Waals surface area contributed by atoms with E-state index in [1.165, 1.54) is 11.3 Å². The number of hydrogen-bond donors (Lipinski definition) is 0. The van der Waals surface area contributed by atoms with E-state index < -0.39 is 0 Å². The van der Waals surface area contributed by atoms with Gasteiger partial charge in [0.15, 0.2) is 0 Å². The Morgan fingerprint density at radius 1 is 1.11 bits per heavy atom. The first-order valence-electron chi connectivity index (χ1n) is 5.69. The second-order valence-corrected chi connectivity index (χ2v) is 5.01. The van der Waals surface area contributed by atoms with E-state index in [2.05, 4.69) is 4.98 Å². The number of benzene rings is 2. The minimum atomic E-state index is 0.0563. The van der Waals surface area contributed by atoms with Crippen molar-refractivity contribution in [2.45, 2.75) is 6.92 Å². The Kier molecular flexibility index (Phi) is 2.68. The Morgan fingerprint density at radius 2 is 1.89 bits per heavy atom. The highest BCUT2D eigenvalue weighted by molar-refractivity contribution is 7.12. The van der Waals surface area contributed by atoms with Crippen LogP contribution < -0.4 is 0 Å². The van der Waals surface area contributed by atoms with Crippen LogP contribution >= 0.6 is 11.3 Å². The first-order chi connectivity index (χ1) is 8.75. The van der Waals surface area contributed by atoms with Crippen LogP contribution in [-0.4, -0.2) is 10.8 Å². The zero-order chi connectivity index (χ0) is 12.5. The minimum Gasteiger partial charge on any atom is -0.288 e. The predicted octanol–water partition coefficient (Wildman–Crippen LogP) is 3.84. The predicted molar refractivity (Wildman–Crippen MR) is 74.2 cm³/mol. The van der Waals surface area contributed by atoms with Gasteiger partial charge in [0.25, 0.3) is 0 Å². The fraction of sp³-hybridized carbons (Fsp3) is 0.0667. The summed E-state index contributed by atoms with van der Waals surface area (Å²) in [6.45, 7) is 1.87. The summed E-state index contributed by atoms with van der Waals surface area (Å²) in [5.74, 6) is 0.0563. The monoisotopic (exact) mass is 253 g/mol. The maximum atomic E-state index is 12.3. The molecule has 2 nitrogen and oxygen atoms in total. The number of hydrogen-bond acceptors (Lipinski definition) is 3. The molecule has 0 fully saturated rings. The number of ketones is 1. The second-order valence-electron chi connectivity index (χ2n) is 4.16. The molecule has 3 heteroatoms. The van der Waals surface area contributed by atoms with E-state index in [0.717, 1.165) is 26.9 Å². The lowest BCUT2D eigenvalue weighted by atomic mass is 10.0. The van der Waals surface area contributed by atoms with E-state index >= 15 is 0 Å². The fourth-order valence-corrected chi connectivity index (χ4v) is 2.75. The Labute approximate surface area is 109 Å². The molecule has 0 N–H and O–H groups in total. The third kappa shape index (κ3) is 1.83. The third-order valence-electron chi connectivity index (χ3n) is 2.96. The summed E-state index contributed by atoms with van der Waals surface area (Å²) < 4.78 is 0. The zero-order valence-electron chi connectivity index (χ0n) is 9.88. The molecular weight excluding hydrogens is 242 g/mol. The molecule has 3 aromatic rings. The fourth-order valence-electron chi connectivity index (χ4n) is 1.98. The molecule has 3 rings (SSSR count). The Balaban J connectivity index is 2.10. The molecule has 0 bridgehead atoms. The molecule has 0 aliphatic rings. The van der Waals surface area contributed by atoms with E-state index in [4.69, 9.17) is 0 Å². The van der Waals surface area contributed by atoms with Crippen molar-refractivity contribution in [3.8, 4) is 0 Å². The van der Waals surface area contributed by atoms with Crippen molar-refractivity contribution >= 4 is 27.9 Å². The maximum absolute atomic E-state index is 12.3. The Bertz CT molecular complexity index is 730. The van der Waals surface area contributed by atoms with Gasteiger partial charge in [0.05, 0.1) is 16.1 Å². The molecule has 0 saturated carbocycles. The van der Waals surface area contributed by atoms with Gasteiger partial charge in [0.1, 0.15) is 0 Å². The second kappa shape index (κ2) is 4.35. The highest BCUT2D eigenvalue weighted by atomic mass is 32.1. The van der Waals surface area contributed by atoms with Crippen LogP contribution in [0.5, 0.6) is 0 Å². The summed E-state index contributed by atoms with van der Waals surface area (Å²) in [4.78, 5) is 17.2. The summed E-state index contributed by atoms with van der Waals surface area (Å²) in [5, 5.41) is 2.24. The Hall–Kier alpha value is -2.00. The summed E-state index contributed by atoms with van der Waals surface area (Å²) >= 11 is 1.40. The molecule has 18 heavy (non-hydrogen) atoms. The van der Waals surface area contributed by atoms with Crippen LogP contribution in [0, 0.1) is 6.92 Å². The molecule has 88 valence electrons. The van der Waals surface area contributed by atoms with Crippen molar-refractivity contribution in [3.63, 3.8) is 0 Å². The van der Waals surface area contributed by atoms with Gasteiger partial charge < -0.3 is 0 Å². The van der Waals surface area contributed by atoms with Crippen LogP contribution in [-0.2, 0) is 0 Å². The number of aryl methyl sites for hydroxylation is 1. The number of carbonyl (C=O) groups is 1. The van der Waals surface area contributed by atoms with Crippen molar-refractivity contribution < 1.29 is 4.79 Å². The van der Waals surface area contributed by atoms with Crippen molar-refractivity contribution in [1.29, 1.82) is 0 Å². The van der Waals surface area contributed by atoms with Gasteiger partial charge in [-0.3, -0.25) is 4.79 Å². The van der Waals surface area contributed by atoms with Crippen molar-refractivity contribution in [2.24, 2.45) is 0 Å². The van der Waals surface area contributed by atoms with Crippen molar-refractivity contribution in [3.05, 3.63) is 64.1 Å². The molecule has 2 aromatic carbocycles. The molecule has 0 amide bonds. The molecule has 0 unspecified atom stereocenters. The summed E-state index contributed by atoms with van der Waals surface area (Å²) in [6.07, 6.45) is 0. The Morgan fingerprint density at radius 3 is 2.61 bits per heavy atom. The van der Waals surface area contributed by atoms with Gasteiger partial charge in [-0.2, -0.15) is 0 Å². The normalized spacial score (nSPS) is 10.7. The molecule has 0 aliphatic heterocycles. The van der Waals surface area contributed by atoms with Gasteiger partial charge in [-0.15, -0.1) is 11.3 Å². The van der Waals surface area contributed by atoms with Gasteiger partial charge >= 0.3 is 0 Å². The first kappa shape index (κ1) is 11.1. The first-order valence-corrected chi connectivity index (χ1v) is 6.57. The molecule has 0 aliphatic carbocycles. The molecule has 1 heterocycles. The molecule has 1 aromatic heterocycles. The van der Waals surface area contributed by atoms with Crippen molar-refractivity contribution in [2.75, 3.05) is 0 Å². The number of carbonyl (C=O) groups excluding carboxylic acids is 1. The highest BCUT2D eigenvalue weighted by Gasteiger charge is 2.14. The average Bonchev–Trinajstić information content (AvgIpc) is 2.83. The molecule has 0 saturated heterocycles. The standard InChI is InChI=1S/C15H11NOS/c1-10-15(18-9-16-10)14(17)13-7-6-11-4-2-3-5-12(11)8-13/h2-9H,1H3. The van der Waals surface area contributed by atoms with Crippen LogP contribution in [0.3, 0.4) is 0 Å². The van der Waals surface area contributed by atoms with Gasteiger partial charge in [-0.1, -0.05) is 36.4 Å². The van der Waals surface area contributed by atoms with Crippen LogP contribution in [0.1, 0.15) is 20.9 Å². The van der Waals surface area contributed by atoms with Gasteiger partial charge in [0.2, 0.25) is 5.78 Å². The largest absolute Gasteiger partial charge is 0.288 e. The molecular formula is C15H11NOS. The number of nitrogens with zero attached hydrogens (tertiary/aromatic N) is 1. The van der Waals surface area contributed by atoms with Crippen LogP contribution in [0.25, 0.3) is 10.8 Å². The summed E-state index contributed by atoms with van der Waals surface area (Å²) in [5.41, 5.74) is 3.24. The lowest BCUT2D eigenvalue weighted by molar-refractivity contribution is 0.104. The number of aromatic nitrogens is 1. The van der Waals surface area contributed by atoms with Crippen LogP contribution in [0.15, 0.2) is 48.0 Å².